The number of ether oxygens (including phenoxy) is 3. The maximum absolute atomic E-state index is 13.3. The average molecular weight is 553 g/mol. The van der Waals surface area contributed by atoms with Gasteiger partial charge in [0.2, 0.25) is 0 Å². The summed E-state index contributed by atoms with van der Waals surface area (Å²) in [5.74, 6) is -4.08. The van der Waals surface area contributed by atoms with Crippen molar-refractivity contribution in [1.82, 2.24) is 4.98 Å². The zero-order chi connectivity index (χ0) is 28.5. The van der Waals surface area contributed by atoms with E-state index in [9.17, 15) is 41.0 Å². The van der Waals surface area contributed by atoms with Crippen molar-refractivity contribution < 1.29 is 55.2 Å². The lowest BCUT2D eigenvalue weighted by Crippen LogP contribution is -2.12. The van der Waals surface area contributed by atoms with Crippen LogP contribution in [0.1, 0.15) is 27.0 Å². The summed E-state index contributed by atoms with van der Waals surface area (Å²) in [5.41, 5.74) is -2.59. The Morgan fingerprint density at radius 1 is 0.872 bits per heavy atom. The molecular formula is C26H17F6NO6. The fraction of sp³-hybridized carbons (Fsp3) is 0.154. The van der Waals surface area contributed by atoms with E-state index in [1.54, 1.807) is 24.3 Å². The molecule has 0 saturated heterocycles. The Labute approximate surface area is 215 Å². The molecular weight excluding hydrogens is 536 g/mol. The van der Waals surface area contributed by atoms with Gasteiger partial charge < -0.3 is 24.3 Å². The fourth-order valence-electron chi connectivity index (χ4n) is 3.73. The number of nitrogens with one attached hydrogen (secondary N) is 1. The number of carboxylic acid groups (broad SMARTS) is 1. The molecule has 2 N–H and O–H groups in total. The molecule has 0 aliphatic heterocycles. The van der Waals surface area contributed by atoms with Gasteiger partial charge in [-0.2, -0.15) is 26.3 Å². The Kier molecular flexibility index (Phi) is 7.18. The number of H-pyrrole nitrogens is 1. The van der Waals surface area contributed by atoms with E-state index in [1.165, 1.54) is 6.20 Å². The first-order valence-electron chi connectivity index (χ1n) is 10.9. The van der Waals surface area contributed by atoms with E-state index < -0.39 is 53.3 Å². The van der Waals surface area contributed by atoms with E-state index >= 15 is 0 Å². The first-order chi connectivity index (χ1) is 18.3. The van der Waals surface area contributed by atoms with Crippen molar-refractivity contribution >= 4 is 22.8 Å². The van der Waals surface area contributed by atoms with Gasteiger partial charge in [-0.15, -0.1) is 0 Å². The van der Waals surface area contributed by atoms with Crippen LogP contribution in [0.15, 0.2) is 60.8 Å². The van der Waals surface area contributed by atoms with Crippen molar-refractivity contribution in [2.75, 3.05) is 7.11 Å². The van der Waals surface area contributed by atoms with Crippen LogP contribution in [0.2, 0.25) is 0 Å². The highest BCUT2D eigenvalue weighted by Crippen LogP contribution is 2.42. The van der Waals surface area contributed by atoms with Crippen LogP contribution in [-0.2, 0) is 23.6 Å². The number of aliphatic carboxylic acids is 1. The minimum absolute atomic E-state index is 0.0611. The van der Waals surface area contributed by atoms with Gasteiger partial charge >= 0.3 is 24.3 Å². The molecule has 0 amide bonds. The summed E-state index contributed by atoms with van der Waals surface area (Å²) < 4.78 is 95.6. The Bertz CT molecular complexity index is 1520. The summed E-state index contributed by atoms with van der Waals surface area (Å²) in [6.07, 6.45) is -9.52. The van der Waals surface area contributed by atoms with E-state index in [2.05, 4.69) is 4.98 Å². The number of aromatic amines is 1. The number of alkyl halides is 6. The van der Waals surface area contributed by atoms with E-state index in [1.807, 2.05) is 0 Å². The molecule has 0 bridgehead atoms. The van der Waals surface area contributed by atoms with E-state index in [0.717, 1.165) is 19.2 Å². The summed E-state index contributed by atoms with van der Waals surface area (Å²) in [7, 11) is 1.12. The number of aromatic nitrogens is 1. The van der Waals surface area contributed by atoms with Crippen molar-refractivity contribution in [3.05, 3.63) is 83.0 Å². The fourth-order valence-corrected chi connectivity index (χ4v) is 3.73. The number of rotatable bonds is 7. The summed E-state index contributed by atoms with van der Waals surface area (Å²) in [6.45, 7) is 0. The number of hydrogen-bond donors (Lipinski definition) is 2. The molecule has 0 unspecified atom stereocenters. The van der Waals surface area contributed by atoms with E-state index in [0.29, 0.717) is 23.0 Å². The second-order valence-corrected chi connectivity index (χ2v) is 8.16. The molecule has 4 aromatic rings. The minimum Gasteiger partial charge on any atom is -0.493 e. The molecule has 0 radical (unpaired) electrons. The summed E-state index contributed by atoms with van der Waals surface area (Å²) in [5, 5.41) is 9.80. The topological polar surface area (TPSA) is 97.9 Å². The molecule has 0 spiro atoms. The third-order valence-electron chi connectivity index (χ3n) is 5.49. The molecule has 1 heterocycles. The van der Waals surface area contributed by atoms with Crippen molar-refractivity contribution in [2.24, 2.45) is 0 Å². The lowest BCUT2D eigenvalue weighted by atomic mass is 10.1. The van der Waals surface area contributed by atoms with Crippen LogP contribution in [0.4, 0.5) is 26.3 Å². The molecule has 39 heavy (non-hydrogen) atoms. The van der Waals surface area contributed by atoms with Gasteiger partial charge in [-0.05, 0) is 30.3 Å². The molecule has 4 rings (SSSR count). The monoisotopic (exact) mass is 553 g/mol. The van der Waals surface area contributed by atoms with Gasteiger partial charge in [-0.1, -0.05) is 18.2 Å². The quantitative estimate of drug-likeness (QED) is 0.148. The SMILES string of the molecule is COc1cc(CC(=O)O)c(OC(=O)c2c[nH]c3ccccc23)cc1Oc1cc(C(F)(F)F)cc(C(F)(F)F)c1. The number of halogens is 6. The molecule has 0 aliphatic rings. The Morgan fingerprint density at radius 3 is 2.10 bits per heavy atom. The molecule has 204 valence electrons. The van der Waals surface area contributed by atoms with Crippen LogP contribution < -0.4 is 14.2 Å². The number of hydrogen-bond acceptors (Lipinski definition) is 5. The number of para-hydroxylation sites is 1. The predicted molar refractivity (Wildman–Crippen MR) is 124 cm³/mol. The van der Waals surface area contributed by atoms with Crippen LogP contribution in [0.5, 0.6) is 23.0 Å². The Morgan fingerprint density at radius 2 is 1.51 bits per heavy atom. The molecule has 0 aliphatic carbocycles. The number of methoxy groups -OCH3 is 1. The third kappa shape index (κ3) is 6.08. The normalized spacial score (nSPS) is 11.9. The number of benzene rings is 3. The van der Waals surface area contributed by atoms with Crippen LogP contribution in [0, 0.1) is 0 Å². The van der Waals surface area contributed by atoms with Crippen molar-refractivity contribution in [2.45, 2.75) is 18.8 Å². The highest BCUT2D eigenvalue weighted by Gasteiger charge is 2.37. The zero-order valence-corrected chi connectivity index (χ0v) is 19.7. The maximum atomic E-state index is 13.3. The second kappa shape index (κ2) is 10.2. The highest BCUT2D eigenvalue weighted by molar-refractivity contribution is 6.04. The predicted octanol–water partition coefficient (Wildman–Crippen LogP) is 6.85. The average Bonchev–Trinajstić information content (AvgIpc) is 3.28. The first-order valence-corrected chi connectivity index (χ1v) is 10.9. The molecule has 0 saturated carbocycles. The first kappa shape index (κ1) is 27.4. The van der Waals surface area contributed by atoms with Crippen LogP contribution in [-0.4, -0.2) is 29.1 Å². The van der Waals surface area contributed by atoms with Gasteiger partial charge in [-0.25, -0.2) is 4.79 Å². The number of esters is 1. The molecule has 13 heteroatoms. The largest absolute Gasteiger partial charge is 0.493 e. The van der Waals surface area contributed by atoms with Gasteiger partial charge in [0.25, 0.3) is 0 Å². The van der Waals surface area contributed by atoms with Crippen LogP contribution >= 0.6 is 0 Å². The Balaban J connectivity index is 1.78. The van der Waals surface area contributed by atoms with Crippen LogP contribution in [0.25, 0.3) is 10.9 Å². The van der Waals surface area contributed by atoms with E-state index in [-0.39, 0.29) is 28.7 Å². The lowest BCUT2D eigenvalue weighted by Gasteiger charge is -2.17. The standard InChI is InChI=1S/C26H17F6NO6/c1-37-21-6-13(7-23(34)35)20(39-24(36)18-12-33-19-5-3-2-4-17(18)19)11-22(21)38-16-9-14(25(27,28)29)8-15(10-16)26(30,31)32/h2-6,8-12,33H,7H2,1H3,(H,34,35). The van der Waals surface area contributed by atoms with Crippen molar-refractivity contribution in [3.63, 3.8) is 0 Å². The zero-order valence-electron chi connectivity index (χ0n) is 19.7. The number of fused-ring (bicyclic) bond motifs is 1. The van der Waals surface area contributed by atoms with Gasteiger partial charge in [0.05, 0.1) is 30.2 Å². The van der Waals surface area contributed by atoms with Gasteiger partial charge in [0.1, 0.15) is 11.5 Å². The number of carbonyl (C=O) groups excluding carboxylic acids is 1. The van der Waals surface area contributed by atoms with Crippen molar-refractivity contribution in [3.8, 4) is 23.0 Å². The number of carbonyl (C=O) groups is 2. The van der Waals surface area contributed by atoms with Crippen molar-refractivity contribution in [1.29, 1.82) is 0 Å². The van der Waals surface area contributed by atoms with E-state index in [4.69, 9.17) is 14.2 Å². The molecule has 3 aromatic carbocycles. The van der Waals surface area contributed by atoms with Crippen LogP contribution in [0.3, 0.4) is 0 Å². The smallest absolute Gasteiger partial charge is 0.416 e. The summed E-state index contributed by atoms with van der Waals surface area (Å²) in [4.78, 5) is 27.2. The minimum atomic E-state index is -5.12. The highest BCUT2D eigenvalue weighted by atomic mass is 19.4. The third-order valence-corrected chi connectivity index (χ3v) is 5.49. The molecule has 1 aromatic heterocycles. The molecule has 0 atom stereocenters. The summed E-state index contributed by atoms with van der Waals surface area (Å²) in [6, 6.07) is 9.44. The summed E-state index contributed by atoms with van der Waals surface area (Å²) >= 11 is 0. The Hall–Kier alpha value is -4.68. The molecule has 0 fully saturated rings. The van der Waals surface area contributed by atoms with Gasteiger partial charge in [-0.3, -0.25) is 4.79 Å². The molecule has 7 nitrogen and oxygen atoms in total. The van der Waals surface area contributed by atoms with Gasteiger partial charge in [0.15, 0.2) is 11.5 Å². The second-order valence-electron chi connectivity index (χ2n) is 8.16. The van der Waals surface area contributed by atoms with Gasteiger partial charge in [0, 0.05) is 28.7 Å². The lowest BCUT2D eigenvalue weighted by molar-refractivity contribution is -0.143. The maximum Gasteiger partial charge on any atom is 0.416 e. The number of carboxylic acids is 1.